The van der Waals surface area contributed by atoms with Crippen molar-refractivity contribution >= 4 is 11.7 Å². The van der Waals surface area contributed by atoms with Crippen molar-refractivity contribution in [2.24, 2.45) is 5.73 Å². The van der Waals surface area contributed by atoms with E-state index in [1.807, 2.05) is 0 Å². The fourth-order valence-corrected chi connectivity index (χ4v) is 1.16. The lowest BCUT2D eigenvalue weighted by Gasteiger charge is -2.22. The number of nitro groups is 1. The second kappa shape index (κ2) is 4.25. The maximum absolute atomic E-state index is 10.9. The molecule has 0 aliphatic heterocycles. The van der Waals surface area contributed by atoms with Crippen LogP contribution < -0.4 is 5.73 Å². The molecule has 7 nitrogen and oxygen atoms in total. The number of hydrogen-bond donors (Lipinski definition) is 3. The third-order valence-electron chi connectivity index (χ3n) is 2.22. The highest BCUT2D eigenvalue weighted by atomic mass is 16.6. The van der Waals surface area contributed by atoms with E-state index in [1.54, 1.807) is 0 Å². The fraction of sp³-hybridized carbons (Fsp3) is 0.222. The number of non-ortho nitro benzene ring substituents is 1. The lowest BCUT2D eigenvalue weighted by Crippen LogP contribution is -2.48. The molecule has 1 unspecified atom stereocenters. The Morgan fingerprint density at radius 2 is 1.94 bits per heavy atom. The second-order valence-corrected chi connectivity index (χ2v) is 3.24. The topological polar surface area (TPSA) is 127 Å². The highest BCUT2D eigenvalue weighted by Gasteiger charge is 2.35. The van der Waals surface area contributed by atoms with Crippen molar-refractivity contribution in [3.63, 3.8) is 0 Å². The molecule has 86 valence electrons. The Kier molecular flexibility index (Phi) is 3.21. The first-order valence-corrected chi connectivity index (χ1v) is 4.30. The number of benzene rings is 1. The van der Waals surface area contributed by atoms with E-state index in [1.165, 1.54) is 12.1 Å². The molecule has 0 radical (unpaired) electrons. The molecular formula is C9H10N2O5. The summed E-state index contributed by atoms with van der Waals surface area (Å²) in [6.45, 7) is -0.792. The van der Waals surface area contributed by atoms with E-state index < -0.39 is 23.0 Å². The van der Waals surface area contributed by atoms with Crippen LogP contribution in [0.1, 0.15) is 5.56 Å². The molecule has 0 spiro atoms. The van der Waals surface area contributed by atoms with Gasteiger partial charge in [-0.25, -0.2) is 4.79 Å². The Balaban J connectivity index is 3.14. The zero-order valence-corrected chi connectivity index (χ0v) is 8.16. The van der Waals surface area contributed by atoms with Gasteiger partial charge in [0.05, 0.1) is 11.5 Å². The molecule has 0 bridgehead atoms. The van der Waals surface area contributed by atoms with Crippen molar-refractivity contribution < 1.29 is 19.9 Å². The normalized spacial score (nSPS) is 14.1. The summed E-state index contributed by atoms with van der Waals surface area (Å²) >= 11 is 0. The van der Waals surface area contributed by atoms with Gasteiger partial charge in [0.1, 0.15) is 0 Å². The maximum Gasteiger partial charge on any atom is 0.330 e. The molecule has 0 saturated heterocycles. The molecule has 0 aliphatic carbocycles. The predicted molar refractivity (Wildman–Crippen MR) is 53.7 cm³/mol. The summed E-state index contributed by atoms with van der Waals surface area (Å²) < 4.78 is 0. The number of carboxylic acid groups (broad SMARTS) is 1. The Bertz CT molecular complexity index is 416. The molecule has 1 aromatic carbocycles. The quantitative estimate of drug-likeness (QED) is 0.483. The largest absolute Gasteiger partial charge is 0.480 e. The lowest BCUT2D eigenvalue weighted by molar-refractivity contribution is -0.384. The van der Waals surface area contributed by atoms with Gasteiger partial charge in [0.2, 0.25) is 0 Å². The molecular weight excluding hydrogens is 216 g/mol. The summed E-state index contributed by atoms with van der Waals surface area (Å²) in [7, 11) is 0. The van der Waals surface area contributed by atoms with Crippen LogP contribution in [0.2, 0.25) is 0 Å². The van der Waals surface area contributed by atoms with Crippen molar-refractivity contribution in [3.05, 3.63) is 39.9 Å². The van der Waals surface area contributed by atoms with Crippen LogP contribution in [0.5, 0.6) is 0 Å². The summed E-state index contributed by atoms with van der Waals surface area (Å²) in [6, 6.07) is 4.69. The van der Waals surface area contributed by atoms with Crippen LogP contribution in [0.3, 0.4) is 0 Å². The maximum atomic E-state index is 10.9. The third kappa shape index (κ3) is 2.00. The predicted octanol–water partition coefficient (Wildman–Crippen LogP) is -0.174. The smallest absolute Gasteiger partial charge is 0.330 e. The SMILES string of the molecule is NC(CO)(C(=O)O)c1ccc([N+](=O)[O-])cc1. The number of nitrogens with two attached hydrogens (primary N) is 1. The van der Waals surface area contributed by atoms with Crippen LogP contribution in [-0.4, -0.2) is 27.7 Å². The lowest BCUT2D eigenvalue weighted by atomic mass is 9.92. The zero-order valence-electron chi connectivity index (χ0n) is 8.16. The minimum absolute atomic E-state index is 0.105. The van der Waals surface area contributed by atoms with E-state index in [0.29, 0.717) is 0 Å². The van der Waals surface area contributed by atoms with Crippen LogP contribution in [0, 0.1) is 10.1 Å². The Hall–Kier alpha value is -1.99. The van der Waals surface area contributed by atoms with E-state index in [9.17, 15) is 14.9 Å². The van der Waals surface area contributed by atoms with Crippen molar-refractivity contribution in [1.82, 2.24) is 0 Å². The van der Waals surface area contributed by atoms with Crippen molar-refractivity contribution in [2.75, 3.05) is 6.61 Å². The van der Waals surface area contributed by atoms with Crippen molar-refractivity contribution in [3.8, 4) is 0 Å². The van der Waals surface area contributed by atoms with Gasteiger partial charge in [0.15, 0.2) is 5.54 Å². The third-order valence-corrected chi connectivity index (χ3v) is 2.22. The van der Waals surface area contributed by atoms with E-state index in [4.69, 9.17) is 15.9 Å². The van der Waals surface area contributed by atoms with Gasteiger partial charge in [-0.05, 0) is 17.7 Å². The summed E-state index contributed by atoms with van der Waals surface area (Å²) in [5, 5.41) is 28.2. The number of carboxylic acids is 1. The van der Waals surface area contributed by atoms with Gasteiger partial charge >= 0.3 is 5.97 Å². The van der Waals surface area contributed by atoms with E-state index in [2.05, 4.69) is 0 Å². The van der Waals surface area contributed by atoms with Crippen LogP contribution >= 0.6 is 0 Å². The molecule has 4 N–H and O–H groups in total. The molecule has 16 heavy (non-hydrogen) atoms. The molecule has 0 fully saturated rings. The minimum Gasteiger partial charge on any atom is -0.480 e. The molecule has 0 saturated carbocycles. The summed E-state index contributed by atoms with van der Waals surface area (Å²) in [5.74, 6) is -1.40. The zero-order chi connectivity index (χ0) is 12.3. The van der Waals surface area contributed by atoms with Gasteiger partial charge in [0, 0.05) is 12.1 Å². The fourth-order valence-electron chi connectivity index (χ4n) is 1.16. The standard InChI is InChI=1S/C9H10N2O5/c10-9(5-12,8(13)14)6-1-3-7(4-2-6)11(15)16/h1-4,12H,5,10H2,(H,13,14). The van der Waals surface area contributed by atoms with E-state index in [0.717, 1.165) is 12.1 Å². The number of carbonyl (C=O) groups is 1. The van der Waals surface area contributed by atoms with Gasteiger partial charge in [-0.2, -0.15) is 0 Å². The van der Waals surface area contributed by atoms with Crippen LogP contribution in [0.25, 0.3) is 0 Å². The Labute approximate surface area is 90.3 Å². The summed E-state index contributed by atoms with van der Waals surface area (Å²) in [6.07, 6.45) is 0. The van der Waals surface area contributed by atoms with Gasteiger partial charge in [0.25, 0.3) is 5.69 Å². The van der Waals surface area contributed by atoms with E-state index >= 15 is 0 Å². The highest BCUT2D eigenvalue weighted by Crippen LogP contribution is 2.21. The van der Waals surface area contributed by atoms with E-state index in [-0.39, 0.29) is 11.3 Å². The van der Waals surface area contributed by atoms with Crippen molar-refractivity contribution in [1.29, 1.82) is 0 Å². The van der Waals surface area contributed by atoms with Gasteiger partial charge in [-0.3, -0.25) is 10.1 Å². The first-order valence-electron chi connectivity index (χ1n) is 4.30. The average Bonchev–Trinajstić information content (AvgIpc) is 2.27. The molecule has 0 aliphatic rings. The molecule has 0 aromatic heterocycles. The van der Waals surface area contributed by atoms with Crippen LogP contribution in [0.15, 0.2) is 24.3 Å². The molecule has 7 heteroatoms. The molecule has 0 amide bonds. The van der Waals surface area contributed by atoms with Crippen LogP contribution in [0.4, 0.5) is 5.69 Å². The highest BCUT2D eigenvalue weighted by molar-refractivity contribution is 5.80. The number of rotatable bonds is 4. The second-order valence-electron chi connectivity index (χ2n) is 3.24. The minimum atomic E-state index is -1.94. The Morgan fingerprint density at radius 3 is 2.25 bits per heavy atom. The first kappa shape index (κ1) is 12.1. The number of hydrogen-bond acceptors (Lipinski definition) is 5. The molecule has 1 rings (SSSR count). The average molecular weight is 226 g/mol. The molecule has 0 heterocycles. The van der Waals surface area contributed by atoms with Crippen molar-refractivity contribution in [2.45, 2.75) is 5.54 Å². The van der Waals surface area contributed by atoms with Gasteiger partial charge in [-0.1, -0.05) is 0 Å². The van der Waals surface area contributed by atoms with Gasteiger partial charge < -0.3 is 15.9 Å². The molecule has 1 aromatic rings. The summed E-state index contributed by atoms with van der Waals surface area (Å²) in [5.41, 5.74) is 3.47. The Morgan fingerprint density at radius 1 is 1.44 bits per heavy atom. The number of aliphatic hydroxyl groups is 1. The number of aliphatic hydroxyl groups excluding tert-OH is 1. The van der Waals surface area contributed by atoms with Crippen LogP contribution in [-0.2, 0) is 10.3 Å². The monoisotopic (exact) mass is 226 g/mol. The number of nitro benzene ring substituents is 1. The van der Waals surface area contributed by atoms with Gasteiger partial charge in [-0.15, -0.1) is 0 Å². The number of nitrogens with zero attached hydrogens (tertiary/aromatic N) is 1. The molecule has 1 atom stereocenters. The first-order chi connectivity index (χ1) is 7.41. The summed E-state index contributed by atoms with van der Waals surface area (Å²) in [4.78, 5) is 20.6. The number of aliphatic carboxylic acids is 1.